The molecule has 1 N–H and O–H groups in total. The molecular weight excluding hydrogens is 699 g/mol. The van der Waals surface area contributed by atoms with Gasteiger partial charge in [-0.3, -0.25) is 13.8 Å². The van der Waals surface area contributed by atoms with Gasteiger partial charge in [-0.05, 0) is 109 Å². The van der Waals surface area contributed by atoms with Crippen LogP contribution in [0.15, 0.2) is 95.9 Å². The number of anilines is 2. The van der Waals surface area contributed by atoms with Crippen LogP contribution in [-0.2, 0) is 59.2 Å². The van der Waals surface area contributed by atoms with Crippen molar-refractivity contribution in [2.75, 3.05) is 30.9 Å². The molecule has 0 saturated heterocycles. The van der Waals surface area contributed by atoms with E-state index in [2.05, 4.69) is 72.4 Å². The predicted molar refractivity (Wildman–Crippen MR) is 213 cm³/mol. The molecule has 1 aliphatic carbocycles. The van der Waals surface area contributed by atoms with Crippen molar-refractivity contribution in [3.8, 4) is 0 Å². The molecule has 0 radical (unpaired) electrons. The molecule has 54 heavy (non-hydrogen) atoms. The second-order valence-electron chi connectivity index (χ2n) is 14.4. The molecule has 0 bridgehead atoms. The molecule has 0 spiro atoms. The second kappa shape index (κ2) is 15.0. The van der Waals surface area contributed by atoms with Gasteiger partial charge >= 0.3 is 18.9 Å². The number of carbonyl (C=O) groups is 2. The van der Waals surface area contributed by atoms with Gasteiger partial charge in [0.05, 0.1) is 25.7 Å². The van der Waals surface area contributed by atoms with Gasteiger partial charge in [-0.2, -0.15) is 8.42 Å². The summed E-state index contributed by atoms with van der Waals surface area (Å²) < 4.78 is 41.8. The first kappa shape index (κ1) is 37.2. The number of fused-ring (bicyclic) bond motifs is 1. The highest BCUT2D eigenvalue weighted by atomic mass is 32.2. The zero-order valence-corrected chi connectivity index (χ0v) is 32.2. The lowest BCUT2D eigenvalue weighted by Crippen LogP contribution is -2.58. The minimum Gasteiger partial charge on any atom is -0.468 e. The van der Waals surface area contributed by atoms with Crippen LogP contribution < -0.4 is 15.5 Å². The second-order valence-corrected chi connectivity index (χ2v) is 16.0. The summed E-state index contributed by atoms with van der Waals surface area (Å²) in [4.78, 5) is 29.4. The highest BCUT2D eigenvalue weighted by Gasteiger charge is 2.54. The van der Waals surface area contributed by atoms with E-state index in [1.807, 2.05) is 25.1 Å². The lowest BCUT2D eigenvalue weighted by atomic mass is 9.58. The number of nitrogens with zero attached hydrogens (tertiary/aromatic N) is 1. The van der Waals surface area contributed by atoms with Crippen LogP contribution in [0.3, 0.4) is 0 Å². The summed E-state index contributed by atoms with van der Waals surface area (Å²) in [6.45, 7) is 6.41. The van der Waals surface area contributed by atoms with Gasteiger partial charge in [-0.25, -0.2) is 0 Å². The number of aryl methyl sites for hydroxylation is 1. The monoisotopic (exact) mass is 744 g/mol. The third-order valence-electron chi connectivity index (χ3n) is 11.2. The van der Waals surface area contributed by atoms with Crippen molar-refractivity contribution in [2.24, 2.45) is 5.41 Å². The van der Waals surface area contributed by atoms with Crippen molar-refractivity contribution in [2.45, 2.75) is 64.3 Å². The maximum absolute atomic E-state index is 13.4. The van der Waals surface area contributed by atoms with Crippen LogP contribution in [0.1, 0.15) is 51.8 Å². The van der Waals surface area contributed by atoms with Crippen LogP contribution in [-0.4, -0.2) is 48.2 Å². The molecule has 1 aliphatic heterocycles. The predicted octanol–water partition coefficient (Wildman–Crippen LogP) is 6.75. The number of methoxy groups -OCH3 is 2. The number of benzene rings is 5. The lowest BCUT2D eigenvalue weighted by molar-refractivity contribution is -0.168. The van der Waals surface area contributed by atoms with E-state index in [0.717, 1.165) is 66.6 Å². The van der Waals surface area contributed by atoms with Crippen molar-refractivity contribution in [3.63, 3.8) is 0 Å². The van der Waals surface area contributed by atoms with Crippen LogP contribution in [0.5, 0.6) is 0 Å². The van der Waals surface area contributed by atoms with E-state index >= 15 is 0 Å². The SMILES string of the molecule is COC(=O)C1(C(=O)OC)Cc2c(C)c(CCCCOS(=O)(=O)c3ccc(C)cc3)c(B3Nc4cccc5cccc(c45)N3Cc3ccccc3)c(C)c2C1. The normalized spacial score (nSPS) is 14.5. The molecule has 5 aromatic carbocycles. The van der Waals surface area contributed by atoms with Crippen molar-refractivity contribution >= 4 is 56.6 Å². The van der Waals surface area contributed by atoms with E-state index < -0.39 is 27.5 Å². The molecule has 0 aromatic heterocycles. The Labute approximate surface area is 317 Å². The average Bonchev–Trinajstić information content (AvgIpc) is 3.61. The molecule has 0 amide bonds. The Morgan fingerprint density at radius 2 is 1.44 bits per heavy atom. The molecule has 0 unspecified atom stereocenters. The molecule has 5 aromatic rings. The first-order chi connectivity index (χ1) is 26.0. The van der Waals surface area contributed by atoms with E-state index in [1.165, 1.54) is 14.2 Å². The maximum Gasteiger partial charge on any atom is 0.409 e. The largest absolute Gasteiger partial charge is 0.468 e. The van der Waals surface area contributed by atoms with Gasteiger partial charge in [0.15, 0.2) is 5.41 Å². The number of unbranched alkanes of at least 4 members (excludes halogenated alkanes) is 1. The highest BCUT2D eigenvalue weighted by molar-refractivity contribution is 7.86. The van der Waals surface area contributed by atoms with E-state index in [-0.39, 0.29) is 31.3 Å². The summed E-state index contributed by atoms with van der Waals surface area (Å²) in [7, 11) is -1.28. The number of hydrogen-bond donors (Lipinski definition) is 1. The van der Waals surface area contributed by atoms with Crippen molar-refractivity contribution < 1.29 is 31.7 Å². The summed E-state index contributed by atoms with van der Waals surface area (Å²) in [5.74, 6) is -1.22. The Kier molecular flexibility index (Phi) is 10.3. The van der Waals surface area contributed by atoms with Gasteiger partial charge in [0.25, 0.3) is 10.1 Å². The Bertz CT molecular complexity index is 2330. The highest BCUT2D eigenvalue weighted by Crippen LogP contribution is 2.44. The molecule has 0 fully saturated rings. The van der Waals surface area contributed by atoms with Crippen LogP contribution >= 0.6 is 0 Å². The van der Waals surface area contributed by atoms with Gasteiger partial charge in [-0.15, -0.1) is 0 Å². The fourth-order valence-corrected chi connectivity index (χ4v) is 9.34. The van der Waals surface area contributed by atoms with Gasteiger partial charge in [0.1, 0.15) is 0 Å². The number of ether oxygens (including phenoxy) is 2. The lowest BCUT2D eigenvalue weighted by Gasteiger charge is -2.40. The molecule has 0 atom stereocenters. The maximum atomic E-state index is 13.4. The first-order valence-electron chi connectivity index (χ1n) is 18.3. The zero-order chi connectivity index (χ0) is 38.2. The van der Waals surface area contributed by atoms with E-state index in [1.54, 1.807) is 24.3 Å². The van der Waals surface area contributed by atoms with Crippen LogP contribution in [0.4, 0.5) is 11.4 Å². The van der Waals surface area contributed by atoms with E-state index in [0.29, 0.717) is 25.8 Å². The summed E-state index contributed by atoms with van der Waals surface area (Å²) in [5, 5.41) is 6.20. The molecule has 0 saturated carbocycles. The number of rotatable bonds is 12. The fourth-order valence-electron chi connectivity index (χ4n) is 8.40. The smallest absolute Gasteiger partial charge is 0.409 e. The summed E-state index contributed by atoms with van der Waals surface area (Å²) >= 11 is 0. The quantitative estimate of drug-likeness (QED) is 0.0488. The van der Waals surface area contributed by atoms with Crippen LogP contribution in [0.25, 0.3) is 10.8 Å². The number of esters is 2. The van der Waals surface area contributed by atoms with Crippen molar-refractivity contribution in [3.05, 3.63) is 130 Å². The Morgan fingerprint density at radius 3 is 2.11 bits per heavy atom. The average molecular weight is 745 g/mol. The third kappa shape index (κ3) is 6.64. The summed E-state index contributed by atoms with van der Waals surface area (Å²) in [5.41, 5.74) is 8.84. The summed E-state index contributed by atoms with van der Waals surface area (Å²) in [6, 6.07) is 29.7. The number of hydrogen-bond acceptors (Lipinski definition) is 9. The third-order valence-corrected chi connectivity index (χ3v) is 12.5. The Balaban J connectivity index is 1.31. The molecule has 7 rings (SSSR count). The first-order valence-corrected chi connectivity index (χ1v) is 19.8. The van der Waals surface area contributed by atoms with Crippen LogP contribution in [0.2, 0.25) is 0 Å². The van der Waals surface area contributed by atoms with E-state index in [9.17, 15) is 18.0 Å². The molecule has 1 heterocycles. The zero-order valence-electron chi connectivity index (χ0n) is 31.4. The van der Waals surface area contributed by atoms with Gasteiger partial charge in [-0.1, -0.05) is 72.3 Å². The standard InChI is InChI=1S/C43H45BN2O7S/c1-28-20-22-33(23-21-28)54(49,50)53-24-10-9-17-34-29(2)35-25-43(41(47)51-4,42(48)52-5)26-36(35)30(3)40(34)44-45-37-18-11-15-32-16-12-19-38(39(32)37)46(44)27-31-13-7-6-8-14-31/h6-8,11-16,18-23,45H,9-10,17,24-27H2,1-5H3. The fraction of sp³-hybridized carbons (Fsp3) is 0.302. The molecule has 11 heteroatoms. The van der Waals surface area contributed by atoms with Crippen molar-refractivity contribution in [1.29, 1.82) is 0 Å². The summed E-state index contributed by atoms with van der Waals surface area (Å²) in [6.07, 6.45) is 2.11. The van der Waals surface area contributed by atoms with Gasteiger partial charge in [0.2, 0.25) is 0 Å². The molecular formula is C43H45BN2O7S. The van der Waals surface area contributed by atoms with E-state index in [4.69, 9.17) is 13.7 Å². The topological polar surface area (TPSA) is 111 Å². The minimum absolute atomic E-state index is 0.0412. The molecule has 278 valence electrons. The van der Waals surface area contributed by atoms with Crippen LogP contribution in [0, 0.1) is 26.2 Å². The van der Waals surface area contributed by atoms with Gasteiger partial charge < -0.3 is 19.5 Å². The Morgan fingerprint density at radius 1 is 0.796 bits per heavy atom. The minimum atomic E-state index is -3.89. The molecule has 9 nitrogen and oxygen atoms in total. The van der Waals surface area contributed by atoms with Gasteiger partial charge in [0, 0.05) is 36.1 Å². The van der Waals surface area contributed by atoms with Crippen molar-refractivity contribution in [1.82, 2.24) is 0 Å². The Hall–Kier alpha value is -5.13. The number of carbonyl (C=O) groups excluding carboxylic acids is 2. The number of nitrogens with one attached hydrogen (secondary N) is 1. The molecule has 2 aliphatic rings.